The fourth-order valence-electron chi connectivity index (χ4n) is 2.16. The van der Waals surface area contributed by atoms with Crippen molar-refractivity contribution in [3.05, 3.63) is 59.2 Å². The van der Waals surface area contributed by atoms with E-state index in [4.69, 9.17) is 0 Å². The van der Waals surface area contributed by atoms with E-state index in [1.165, 1.54) is 0 Å². The third-order valence-corrected chi connectivity index (χ3v) is 3.48. The Hall–Kier alpha value is -2.63. The van der Waals surface area contributed by atoms with Crippen LogP contribution in [0.5, 0.6) is 11.5 Å². The van der Waals surface area contributed by atoms with Crippen LogP contribution < -0.4 is 5.32 Å². The highest BCUT2D eigenvalue weighted by atomic mass is 19.1. The van der Waals surface area contributed by atoms with Gasteiger partial charge in [0, 0.05) is 6.04 Å². The van der Waals surface area contributed by atoms with E-state index in [0.717, 1.165) is 17.7 Å². The van der Waals surface area contributed by atoms with Crippen LogP contribution in [0.2, 0.25) is 0 Å². The quantitative estimate of drug-likeness (QED) is 0.792. The van der Waals surface area contributed by atoms with Gasteiger partial charge >= 0.3 is 0 Å². The molecule has 122 valence electrons. The second-order valence-electron chi connectivity index (χ2n) is 5.34. The maximum atomic E-state index is 13.7. The predicted molar refractivity (Wildman–Crippen MR) is 81.4 cm³/mol. The molecule has 0 saturated carbocycles. The van der Waals surface area contributed by atoms with Crippen molar-refractivity contribution < 1.29 is 23.8 Å². The average molecular weight is 321 g/mol. The highest BCUT2D eigenvalue weighted by Crippen LogP contribution is 2.22. The van der Waals surface area contributed by atoms with Gasteiger partial charge in [0.15, 0.2) is 11.6 Å². The number of phenols is 2. The Morgan fingerprint density at radius 2 is 1.78 bits per heavy atom. The molecule has 0 fully saturated rings. The van der Waals surface area contributed by atoms with Gasteiger partial charge in [-0.3, -0.25) is 4.79 Å². The Balaban J connectivity index is 1.97. The summed E-state index contributed by atoms with van der Waals surface area (Å²) in [6.45, 7) is 1.72. The molecule has 0 aliphatic rings. The van der Waals surface area contributed by atoms with Crippen LogP contribution in [0.15, 0.2) is 36.4 Å². The minimum atomic E-state index is -1.27. The monoisotopic (exact) mass is 321 g/mol. The molecule has 0 bridgehead atoms. The van der Waals surface area contributed by atoms with Crippen LogP contribution in [0.25, 0.3) is 0 Å². The molecule has 0 radical (unpaired) electrons. The van der Waals surface area contributed by atoms with E-state index in [2.05, 4.69) is 5.32 Å². The molecule has 2 aromatic rings. The van der Waals surface area contributed by atoms with Crippen LogP contribution in [-0.4, -0.2) is 22.2 Å². The lowest BCUT2D eigenvalue weighted by Crippen LogP contribution is -2.34. The van der Waals surface area contributed by atoms with Crippen LogP contribution >= 0.6 is 0 Å². The van der Waals surface area contributed by atoms with E-state index in [-0.39, 0.29) is 11.8 Å². The summed E-state index contributed by atoms with van der Waals surface area (Å²) in [6, 6.07) is 8.03. The van der Waals surface area contributed by atoms with Gasteiger partial charge in [0.2, 0.25) is 0 Å². The SMILES string of the molecule is CC(CCc1ccc(O)cc1)NC(=O)c1c(F)ccc(O)c1F. The van der Waals surface area contributed by atoms with Crippen LogP contribution in [0, 0.1) is 11.6 Å². The van der Waals surface area contributed by atoms with Crippen molar-refractivity contribution in [2.24, 2.45) is 0 Å². The minimum absolute atomic E-state index is 0.171. The summed E-state index contributed by atoms with van der Waals surface area (Å²) in [6.07, 6.45) is 1.19. The lowest BCUT2D eigenvalue weighted by atomic mass is 10.1. The minimum Gasteiger partial charge on any atom is -0.508 e. The number of hydrogen-bond acceptors (Lipinski definition) is 3. The maximum absolute atomic E-state index is 13.7. The normalized spacial score (nSPS) is 12.0. The first-order valence-corrected chi connectivity index (χ1v) is 7.14. The van der Waals surface area contributed by atoms with Crippen molar-refractivity contribution in [2.45, 2.75) is 25.8 Å². The molecule has 23 heavy (non-hydrogen) atoms. The van der Waals surface area contributed by atoms with Gasteiger partial charge in [-0.2, -0.15) is 0 Å². The number of nitrogens with one attached hydrogen (secondary N) is 1. The Morgan fingerprint density at radius 1 is 1.13 bits per heavy atom. The summed E-state index contributed by atoms with van der Waals surface area (Å²) in [5, 5.41) is 21.0. The van der Waals surface area contributed by atoms with Gasteiger partial charge in [-0.15, -0.1) is 0 Å². The van der Waals surface area contributed by atoms with Crippen LogP contribution in [0.4, 0.5) is 8.78 Å². The molecular formula is C17H17F2NO3. The summed E-state index contributed by atoms with van der Waals surface area (Å²) < 4.78 is 27.3. The van der Waals surface area contributed by atoms with Crippen LogP contribution in [0.3, 0.4) is 0 Å². The Morgan fingerprint density at radius 3 is 2.43 bits per heavy atom. The lowest BCUT2D eigenvalue weighted by Gasteiger charge is -2.15. The van der Waals surface area contributed by atoms with Crippen LogP contribution in [-0.2, 0) is 6.42 Å². The highest BCUT2D eigenvalue weighted by molar-refractivity contribution is 5.95. The molecule has 0 aromatic heterocycles. The Labute approximate surface area is 132 Å². The molecule has 0 aliphatic heterocycles. The van der Waals surface area contributed by atoms with E-state index in [1.807, 2.05) is 0 Å². The maximum Gasteiger partial charge on any atom is 0.257 e. The largest absolute Gasteiger partial charge is 0.508 e. The molecule has 6 heteroatoms. The summed E-state index contributed by atoms with van der Waals surface area (Å²) in [5.74, 6) is -3.80. The molecule has 0 spiro atoms. The number of halogens is 2. The highest BCUT2D eigenvalue weighted by Gasteiger charge is 2.21. The molecule has 4 nitrogen and oxygen atoms in total. The number of rotatable bonds is 5. The fraction of sp³-hybridized carbons (Fsp3) is 0.235. The van der Waals surface area contributed by atoms with E-state index in [1.54, 1.807) is 31.2 Å². The molecule has 0 saturated heterocycles. The molecule has 1 unspecified atom stereocenters. The van der Waals surface area contributed by atoms with Gasteiger partial charge in [-0.1, -0.05) is 12.1 Å². The number of hydrogen-bond donors (Lipinski definition) is 3. The summed E-state index contributed by atoms with van der Waals surface area (Å²) in [4.78, 5) is 12.0. The lowest BCUT2D eigenvalue weighted by molar-refractivity contribution is 0.0929. The Kier molecular flexibility index (Phi) is 5.16. The van der Waals surface area contributed by atoms with Gasteiger partial charge in [0.05, 0.1) is 0 Å². The van der Waals surface area contributed by atoms with Gasteiger partial charge in [-0.25, -0.2) is 8.78 Å². The molecule has 2 aromatic carbocycles. The van der Waals surface area contributed by atoms with Gasteiger partial charge < -0.3 is 15.5 Å². The first kappa shape index (κ1) is 16.7. The number of carbonyl (C=O) groups excluding carboxylic acids is 1. The average Bonchev–Trinajstić information content (AvgIpc) is 2.51. The third-order valence-electron chi connectivity index (χ3n) is 3.48. The number of aromatic hydroxyl groups is 2. The van der Waals surface area contributed by atoms with E-state index in [9.17, 15) is 23.8 Å². The molecule has 0 aliphatic carbocycles. The molecule has 3 N–H and O–H groups in total. The summed E-state index contributed by atoms with van der Waals surface area (Å²) >= 11 is 0. The third kappa shape index (κ3) is 4.18. The standard InChI is InChI=1S/C17H17F2NO3/c1-10(2-3-11-4-6-12(21)7-5-11)20-17(23)15-13(18)8-9-14(22)16(15)19/h4-10,21-22H,2-3H2,1H3,(H,20,23). The summed E-state index contributed by atoms with van der Waals surface area (Å²) in [7, 11) is 0. The molecule has 0 heterocycles. The molecular weight excluding hydrogens is 304 g/mol. The summed E-state index contributed by atoms with van der Waals surface area (Å²) in [5.41, 5.74) is 0.181. The predicted octanol–water partition coefficient (Wildman–Crippen LogP) is 3.13. The van der Waals surface area contributed by atoms with Gasteiger partial charge in [-0.05, 0) is 49.6 Å². The van der Waals surface area contributed by atoms with E-state index < -0.39 is 28.9 Å². The smallest absolute Gasteiger partial charge is 0.257 e. The second-order valence-corrected chi connectivity index (χ2v) is 5.34. The van der Waals surface area contributed by atoms with E-state index >= 15 is 0 Å². The first-order chi connectivity index (χ1) is 10.9. The van der Waals surface area contributed by atoms with Gasteiger partial charge in [0.25, 0.3) is 5.91 Å². The number of carbonyl (C=O) groups is 1. The van der Waals surface area contributed by atoms with Crippen molar-refractivity contribution in [1.29, 1.82) is 0 Å². The van der Waals surface area contributed by atoms with E-state index in [0.29, 0.717) is 12.8 Å². The molecule has 1 atom stereocenters. The zero-order valence-corrected chi connectivity index (χ0v) is 12.5. The molecule has 1 amide bonds. The number of aryl methyl sites for hydroxylation is 1. The topological polar surface area (TPSA) is 69.6 Å². The first-order valence-electron chi connectivity index (χ1n) is 7.14. The van der Waals surface area contributed by atoms with Crippen LogP contribution in [0.1, 0.15) is 29.3 Å². The second kappa shape index (κ2) is 7.09. The molecule has 2 rings (SSSR count). The van der Waals surface area contributed by atoms with Crippen molar-refractivity contribution in [1.82, 2.24) is 5.32 Å². The zero-order valence-electron chi connectivity index (χ0n) is 12.5. The Bertz CT molecular complexity index is 702. The van der Waals surface area contributed by atoms with Crippen molar-refractivity contribution >= 4 is 5.91 Å². The fourth-order valence-corrected chi connectivity index (χ4v) is 2.16. The number of benzene rings is 2. The number of amides is 1. The van der Waals surface area contributed by atoms with Crippen molar-refractivity contribution in [2.75, 3.05) is 0 Å². The zero-order chi connectivity index (χ0) is 17.0. The van der Waals surface area contributed by atoms with Crippen molar-refractivity contribution in [3.8, 4) is 11.5 Å². The van der Waals surface area contributed by atoms with Crippen molar-refractivity contribution in [3.63, 3.8) is 0 Å². The number of phenolic OH excluding ortho intramolecular Hbond substituents is 2. The van der Waals surface area contributed by atoms with Gasteiger partial charge in [0.1, 0.15) is 17.1 Å².